The number of halogens is 3. The van der Waals surface area contributed by atoms with E-state index in [4.69, 9.17) is 0 Å². The molecule has 1 heterocycles. The highest BCUT2D eigenvalue weighted by atomic mass is 19.4. The van der Waals surface area contributed by atoms with Crippen LogP contribution in [0.25, 0.3) is 0 Å². The van der Waals surface area contributed by atoms with Crippen molar-refractivity contribution >= 4 is 17.8 Å². The van der Waals surface area contributed by atoms with Crippen LogP contribution in [-0.4, -0.2) is 65.9 Å². The summed E-state index contributed by atoms with van der Waals surface area (Å²) in [6.07, 6.45) is -4.61. The Morgan fingerprint density at radius 3 is 2.14 bits per heavy atom. The Morgan fingerprint density at radius 1 is 1.00 bits per heavy atom. The molecule has 0 aromatic heterocycles. The third-order valence-electron chi connectivity index (χ3n) is 4.23. The number of rotatable bonds is 3. The van der Waals surface area contributed by atoms with E-state index in [1.165, 1.54) is 23.1 Å². The van der Waals surface area contributed by atoms with Crippen molar-refractivity contribution in [1.82, 2.24) is 20.4 Å². The topological polar surface area (TPSA) is 81.8 Å². The first kappa shape index (κ1) is 22.7. The van der Waals surface area contributed by atoms with Crippen molar-refractivity contribution < 1.29 is 27.6 Å². The molecule has 0 saturated carbocycles. The molecular weight excluding hydrogens is 389 g/mol. The number of nitrogens with zero attached hydrogens (tertiary/aromatic N) is 2. The molecule has 0 atom stereocenters. The summed E-state index contributed by atoms with van der Waals surface area (Å²) >= 11 is 0. The Bertz CT molecular complexity index is 767. The minimum absolute atomic E-state index is 0.0429. The van der Waals surface area contributed by atoms with Gasteiger partial charge in [-0.3, -0.25) is 19.8 Å². The van der Waals surface area contributed by atoms with Gasteiger partial charge in [0.1, 0.15) is 0 Å². The third-order valence-corrected chi connectivity index (χ3v) is 4.23. The average molecular weight is 414 g/mol. The maximum Gasteiger partial charge on any atom is 0.417 e. The number of urea groups is 1. The van der Waals surface area contributed by atoms with Crippen LogP contribution in [0.4, 0.5) is 18.0 Å². The Hall–Kier alpha value is -2.62. The van der Waals surface area contributed by atoms with Gasteiger partial charge >= 0.3 is 12.2 Å². The normalized spacial score (nSPS) is 15.7. The maximum atomic E-state index is 13.1. The van der Waals surface area contributed by atoms with Crippen LogP contribution in [0.1, 0.15) is 36.7 Å². The zero-order valence-corrected chi connectivity index (χ0v) is 16.6. The molecule has 0 spiro atoms. The lowest BCUT2D eigenvalue weighted by atomic mass is 10.1. The second-order valence-electron chi connectivity index (χ2n) is 7.86. The number of nitrogens with one attached hydrogen (secondary N) is 2. The minimum Gasteiger partial charge on any atom is -0.336 e. The highest BCUT2D eigenvalue weighted by Crippen LogP contribution is 2.32. The Labute approximate surface area is 167 Å². The Morgan fingerprint density at radius 2 is 1.59 bits per heavy atom. The van der Waals surface area contributed by atoms with Crippen molar-refractivity contribution in [2.45, 2.75) is 32.5 Å². The van der Waals surface area contributed by atoms with E-state index < -0.39 is 35.1 Å². The molecular formula is C19H25F3N4O3. The molecule has 1 aromatic carbocycles. The molecule has 7 nitrogen and oxygen atoms in total. The van der Waals surface area contributed by atoms with E-state index in [0.717, 1.165) is 6.07 Å². The molecule has 0 bridgehead atoms. The molecule has 4 amide bonds. The zero-order chi connectivity index (χ0) is 21.8. The summed E-state index contributed by atoms with van der Waals surface area (Å²) in [6.45, 7) is 6.30. The summed E-state index contributed by atoms with van der Waals surface area (Å²) in [5.41, 5.74) is -1.83. The van der Waals surface area contributed by atoms with E-state index in [2.05, 4.69) is 10.6 Å². The highest BCUT2D eigenvalue weighted by Gasteiger charge is 2.36. The van der Waals surface area contributed by atoms with Crippen LogP contribution in [0, 0.1) is 0 Å². The summed E-state index contributed by atoms with van der Waals surface area (Å²) in [4.78, 5) is 39.3. The number of benzene rings is 1. The summed E-state index contributed by atoms with van der Waals surface area (Å²) < 4.78 is 39.4. The SMILES string of the molecule is CC(C)(C)NC(=O)NC(=O)CN1CCN(C(=O)c2ccccc2C(F)(F)F)CC1. The van der Waals surface area contributed by atoms with Crippen molar-refractivity contribution in [3.8, 4) is 0 Å². The van der Waals surface area contributed by atoms with Gasteiger partial charge in [0, 0.05) is 31.7 Å². The van der Waals surface area contributed by atoms with Crippen LogP contribution < -0.4 is 10.6 Å². The first-order valence-corrected chi connectivity index (χ1v) is 9.16. The number of amides is 4. The van der Waals surface area contributed by atoms with Gasteiger partial charge in [-0.05, 0) is 32.9 Å². The molecule has 0 unspecified atom stereocenters. The third kappa shape index (κ3) is 6.74. The fourth-order valence-corrected chi connectivity index (χ4v) is 2.94. The molecule has 0 aliphatic carbocycles. The predicted octanol–water partition coefficient (Wildman–Crippen LogP) is 2.09. The van der Waals surface area contributed by atoms with Crippen molar-refractivity contribution in [1.29, 1.82) is 0 Å². The van der Waals surface area contributed by atoms with Crippen molar-refractivity contribution in [3.63, 3.8) is 0 Å². The zero-order valence-electron chi connectivity index (χ0n) is 16.6. The van der Waals surface area contributed by atoms with E-state index in [0.29, 0.717) is 13.1 Å². The van der Waals surface area contributed by atoms with Crippen molar-refractivity contribution in [2.75, 3.05) is 32.7 Å². The van der Waals surface area contributed by atoms with Crippen molar-refractivity contribution in [2.24, 2.45) is 0 Å². The summed E-state index contributed by atoms with van der Waals surface area (Å²) in [5.74, 6) is -1.18. The van der Waals surface area contributed by atoms with Crippen LogP contribution in [0.5, 0.6) is 0 Å². The number of carbonyl (C=O) groups is 3. The number of alkyl halides is 3. The molecule has 160 valence electrons. The second kappa shape index (κ2) is 8.81. The number of imide groups is 1. The Balaban J connectivity index is 1.89. The van der Waals surface area contributed by atoms with Crippen LogP contribution >= 0.6 is 0 Å². The van der Waals surface area contributed by atoms with Gasteiger partial charge < -0.3 is 10.2 Å². The van der Waals surface area contributed by atoms with Crippen LogP contribution in [0.2, 0.25) is 0 Å². The molecule has 10 heteroatoms. The van der Waals surface area contributed by atoms with E-state index in [1.54, 1.807) is 25.7 Å². The lowest BCUT2D eigenvalue weighted by molar-refractivity contribution is -0.138. The molecule has 1 fully saturated rings. The van der Waals surface area contributed by atoms with Crippen LogP contribution in [0.15, 0.2) is 24.3 Å². The van der Waals surface area contributed by atoms with Crippen LogP contribution in [-0.2, 0) is 11.0 Å². The van der Waals surface area contributed by atoms with Gasteiger partial charge in [0.2, 0.25) is 5.91 Å². The van der Waals surface area contributed by atoms with Gasteiger partial charge in [0.25, 0.3) is 5.91 Å². The lowest BCUT2D eigenvalue weighted by Gasteiger charge is -2.34. The van der Waals surface area contributed by atoms with Crippen molar-refractivity contribution in [3.05, 3.63) is 35.4 Å². The van der Waals surface area contributed by atoms with Gasteiger partial charge in [-0.15, -0.1) is 0 Å². The fraction of sp³-hybridized carbons (Fsp3) is 0.526. The molecule has 1 aliphatic rings. The number of hydrogen-bond donors (Lipinski definition) is 2. The molecule has 2 N–H and O–H groups in total. The largest absolute Gasteiger partial charge is 0.417 e. The average Bonchev–Trinajstić information content (AvgIpc) is 2.59. The van der Waals surface area contributed by atoms with E-state index in [-0.39, 0.29) is 25.2 Å². The second-order valence-corrected chi connectivity index (χ2v) is 7.86. The molecule has 1 aliphatic heterocycles. The monoisotopic (exact) mass is 414 g/mol. The molecule has 29 heavy (non-hydrogen) atoms. The van der Waals surface area contributed by atoms with Gasteiger partial charge in [-0.25, -0.2) is 4.79 Å². The van der Waals surface area contributed by atoms with E-state index in [1.807, 2.05) is 0 Å². The quantitative estimate of drug-likeness (QED) is 0.794. The summed E-state index contributed by atoms with van der Waals surface area (Å²) in [7, 11) is 0. The fourth-order valence-electron chi connectivity index (χ4n) is 2.94. The van der Waals surface area contributed by atoms with E-state index in [9.17, 15) is 27.6 Å². The van der Waals surface area contributed by atoms with Gasteiger partial charge in [-0.1, -0.05) is 12.1 Å². The highest BCUT2D eigenvalue weighted by molar-refractivity contribution is 5.96. The minimum atomic E-state index is -4.61. The lowest BCUT2D eigenvalue weighted by Crippen LogP contribution is -2.53. The molecule has 1 aromatic rings. The first-order chi connectivity index (χ1) is 13.4. The van der Waals surface area contributed by atoms with E-state index >= 15 is 0 Å². The van der Waals surface area contributed by atoms with Gasteiger partial charge in [0.05, 0.1) is 17.7 Å². The maximum absolute atomic E-state index is 13.1. The predicted molar refractivity (Wildman–Crippen MR) is 100 cm³/mol. The van der Waals surface area contributed by atoms with Crippen LogP contribution in [0.3, 0.4) is 0 Å². The first-order valence-electron chi connectivity index (χ1n) is 9.16. The number of hydrogen-bond acceptors (Lipinski definition) is 4. The number of carbonyl (C=O) groups excluding carboxylic acids is 3. The molecule has 1 saturated heterocycles. The van der Waals surface area contributed by atoms with Gasteiger partial charge in [0.15, 0.2) is 0 Å². The smallest absolute Gasteiger partial charge is 0.336 e. The van der Waals surface area contributed by atoms with Gasteiger partial charge in [-0.2, -0.15) is 13.2 Å². The molecule has 2 rings (SSSR count). The summed E-state index contributed by atoms with van der Waals surface area (Å²) in [5, 5.41) is 4.84. The summed E-state index contributed by atoms with van der Waals surface area (Å²) in [6, 6.07) is 4.09. The number of piperazine rings is 1. The standard InChI is InChI=1S/C19H25F3N4O3/c1-18(2,3)24-17(29)23-15(27)12-25-8-10-26(11-9-25)16(28)13-6-4-5-7-14(13)19(20,21)22/h4-7H,8-12H2,1-3H3,(H2,23,24,27,29). The molecule has 0 radical (unpaired) electrons. The Kier molecular flexibility index (Phi) is 6.89.